The number of piperazine rings is 1. The summed E-state index contributed by atoms with van der Waals surface area (Å²) in [6.45, 7) is 14.8. The van der Waals surface area contributed by atoms with Crippen LogP contribution < -0.4 is 25.2 Å². The van der Waals surface area contributed by atoms with Gasteiger partial charge in [0.2, 0.25) is 11.8 Å². The Morgan fingerprint density at radius 1 is 0.793 bits per heavy atom. The predicted octanol–water partition coefficient (Wildman–Crippen LogP) is 4.61. The van der Waals surface area contributed by atoms with Crippen LogP contribution in [0.2, 0.25) is 0 Å². The number of carbonyl (C=O) groups is 5. The van der Waals surface area contributed by atoms with E-state index in [4.69, 9.17) is 10.00 Å². The summed E-state index contributed by atoms with van der Waals surface area (Å²) < 4.78 is 6.39. The monoisotopic (exact) mass is 785 g/mol. The van der Waals surface area contributed by atoms with Gasteiger partial charge < -0.3 is 19.9 Å². The zero-order chi connectivity index (χ0) is 40.9. The van der Waals surface area contributed by atoms with Gasteiger partial charge in [-0.1, -0.05) is 27.7 Å². The van der Waals surface area contributed by atoms with Crippen LogP contribution in [0.1, 0.15) is 90.0 Å². The molecule has 3 aromatic carbocycles. The molecule has 5 amide bonds. The highest BCUT2D eigenvalue weighted by atomic mass is 16.5. The van der Waals surface area contributed by atoms with Crippen LogP contribution in [0.4, 0.5) is 11.4 Å². The van der Waals surface area contributed by atoms with Crippen molar-refractivity contribution in [3.05, 3.63) is 89.0 Å². The highest BCUT2D eigenvalue weighted by Gasteiger charge is 2.64. The second kappa shape index (κ2) is 15.2. The number of carbonyl (C=O) groups excluding carboxylic acids is 5. The van der Waals surface area contributed by atoms with Crippen LogP contribution in [0.3, 0.4) is 0 Å². The highest BCUT2D eigenvalue weighted by Crippen LogP contribution is 2.55. The standard InChI is InChI=1S/C45H51N7O6/c1-44(2)42(45(3,4)43(44)58-33-12-5-28(26-46)6-13-33)48-38(54)30-7-9-31(10-8-30)50-19-17-29(18-20-50)27-49-21-23-51(24-22-49)32-11-14-34-35(25-32)41(57)52(40(34)56)36-15-16-37(53)47-39(36)55/h5-14,25,29,36,42-43H,15-24,27H2,1-4H3,(H,48,54)(H,47,53,55). The van der Waals surface area contributed by atoms with Gasteiger partial charge in [-0.3, -0.25) is 39.1 Å². The van der Waals surface area contributed by atoms with Gasteiger partial charge in [0, 0.05) is 86.0 Å². The van der Waals surface area contributed by atoms with Gasteiger partial charge in [0.25, 0.3) is 17.7 Å². The first-order valence-electron chi connectivity index (χ1n) is 20.4. The number of amides is 5. The van der Waals surface area contributed by atoms with Crippen LogP contribution >= 0.6 is 0 Å². The van der Waals surface area contributed by atoms with Crippen molar-refractivity contribution in [1.82, 2.24) is 20.4 Å². The third kappa shape index (κ3) is 7.19. The molecule has 4 heterocycles. The van der Waals surface area contributed by atoms with Crippen molar-refractivity contribution in [3.8, 4) is 11.8 Å². The van der Waals surface area contributed by atoms with Crippen molar-refractivity contribution < 1.29 is 28.7 Å². The van der Waals surface area contributed by atoms with E-state index in [9.17, 15) is 24.0 Å². The molecule has 0 radical (unpaired) electrons. The van der Waals surface area contributed by atoms with Crippen molar-refractivity contribution in [3.63, 3.8) is 0 Å². The van der Waals surface area contributed by atoms with Gasteiger partial charge in [0.15, 0.2) is 0 Å². The fourth-order valence-electron chi connectivity index (χ4n) is 10.2. The number of nitrogens with one attached hydrogen (secondary N) is 2. The molecule has 1 saturated carbocycles. The van der Waals surface area contributed by atoms with Gasteiger partial charge in [-0.25, -0.2) is 0 Å². The minimum Gasteiger partial charge on any atom is -0.489 e. The molecule has 1 atom stereocenters. The number of hydrogen-bond acceptors (Lipinski definition) is 10. The number of rotatable bonds is 9. The smallest absolute Gasteiger partial charge is 0.262 e. The van der Waals surface area contributed by atoms with Crippen molar-refractivity contribution in [2.45, 2.75) is 71.6 Å². The van der Waals surface area contributed by atoms with E-state index in [1.807, 2.05) is 30.3 Å². The lowest BCUT2D eigenvalue weighted by Crippen LogP contribution is -2.74. The third-order valence-corrected chi connectivity index (χ3v) is 13.1. The summed E-state index contributed by atoms with van der Waals surface area (Å²) in [6, 6.07) is 21.5. The molecule has 3 saturated heterocycles. The van der Waals surface area contributed by atoms with Gasteiger partial charge in [-0.05, 0) is 91.9 Å². The molecule has 13 nitrogen and oxygen atoms in total. The van der Waals surface area contributed by atoms with E-state index in [1.165, 1.54) is 0 Å². The van der Waals surface area contributed by atoms with Crippen molar-refractivity contribution >= 4 is 40.9 Å². The number of imide groups is 2. The number of benzene rings is 3. The van der Waals surface area contributed by atoms with E-state index < -0.39 is 29.7 Å². The molecule has 0 aromatic heterocycles. The van der Waals surface area contributed by atoms with Crippen molar-refractivity contribution in [1.29, 1.82) is 5.26 Å². The SMILES string of the molecule is CC1(C)C(NC(=O)c2ccc(N3CCC(CN4CCN(c5ccc6c(c5)C(=O)N(C5CCC(=O)NC5=O)C6=O)CC4)CC3)cc2)C(C)(C)C1Oc1ccc(C#N)cc1. The molecule has 4 aliphatic heterocycles. The van der Waals surface area contributed by atoms with E-state index in [-0.39, 0.29) is 41.7 Å². The molecular weight excluding hydrogens is 735 g/mol. The van der Waals surface area contributed by atoms with Crippen LogP contribution in [0, 0.1) is 28.1 Å². The highest BCUT2D eigenvalue weighted by molar-refractivity contribution is 6.23. The second-order valence-corrected chi connectivity index (χ2v) is 17.6. The topological polar surface area (TPSA) is 155 Å². The van der Waals surface area contributed by atoms with Crippen LogP contribution in [0.25, 0.3) is 0 Å². The van der Waals surface area contributed by atoms with Crippen molar-refractivity contribution in [2.75, 3.05) is 55.6 Å². The van der Waals surface area contributed by atoms with E-state index in [0.29, 0.717) is 33.9 Å². The normalized spacial score (nSPS) is 24.5. The lowest BCUT2D eigenvalue weighted by molar-refractivity contribution is -0.164. The number of fused-ring (bicyclic) bond motifs is 1. The average Bonchev–Trinajstić information content (AvgIpc) is 3.47. The van der Waals surface area contributed by atoms with Crippen molar-refractivity contribution in [2.24, 2.45) is 16.7 Å². The molecule has 1 aliphatic carbocycles. The molecule has 8 rings (SSSR count). The van der Waals surface area contributed by atoms with Crippen LogP contribution in [0.15, 0.2) is 66.7 Å². The molecule has 0 spiro atoms. The first-order chi connectivity index (χ1) is 27.7. The van der Waals surface area contributed by atoms with Gasteiger partial charge >= 0.3 is 0 Å². The lowest BCUT2D eigenvalue weighted by Gasteiger charge is -2.63. The third-order valence-electron chi connectivity index (χ3n) is 13.1. The summed E-state index contributed by atoms with van der Waals surface area (Å²) in [4.78, 5) is 72.2. The number of ether oxygens (including phenoxy) is 1. The molecular formula is C45H51N7O6. The van der Waals surface area contributed by atoms with Gasteiger partial charge in [0.1, 0.15) is 17.9 Å². The molecule has 13 heteroatoms. The number of anilines is 2. The molecule has 0 bridgehead atoms. The molecule has 5 aliphatic rings. The van der Waals surface area contributed by atoms with Gasteiger partial charge in [-0.15, -0.1) is 0 Å². The fourth-order valence-corrected chi connectivity index (χ4v) is 10.2. The number of piperidine rings is 2. The number of nitriles is 1. The average molecular weight is 786 g/mol. The Labute approximate surface area is 339 Å². The van der Waals surface area contributed by atoms with Gasteiger partial charge in [-0.2, -0.15) is 5.26 Å². The first-order valence-corrected chi connectivity index (χ1v) is 20.4. The van der Waals surface area contributed by atoms with E-state index >= 15 is 0 Å². The number of nitrogens with zero attached hydrogens (tertiary/aromatic N) is 5. The van der Waals surface area contributed by atoms with Crippen LogP contribution in [-0.2, 0) is 9.59 Å². The Balaban J connectivity index is 0.788. The molecule has 3 aromatic rings. The van der Waals surface area contributed by atoms with Gasteiger partial charge in [0.05, 0.1) is 22.8 Å². The lowest BCUT2D eigenvalue weighted by atomic mass is 9.49. The summed E-state index contributed by atoms with van der Waals surface area (Å²) in [5, 5.41) is 14.7. The largest absolute Gasteiger partial charge is 0.489 e. The maximum atomic E-state index is 13.5. The summed E-state index contributed by atoms with van der Waals surface area (Å²) in [7, 11) is 0. The molecule has 302 valence electrons. The Morgan fingerprint density at radius 2 is 1.41 bits per heavy atom. The molecule has 58 heavy (non-hydrogen) atoms. The Morgan fingerprint density at radius 3 is 2.05 bits per heavy atom. The summed E-state index contributed by atoms with van der Waals surface area (Å²) in [6.07, 6.45) is 2.29. The molecule has 2 N–H and O–H groups in total. The summed E-state index contributed by atoms with van der Waals surface area (Å²) in [5.74, 6) is -0.758. The minimum atomic E-state index is -0.972. The Hall–Kier alpha value is -5.74. The number of hydrogen-bond donors (Lipinski definition) is 2. The predicted molar refractivity (Wildman–Crippen MR) is 218 cm³/mol. The fraction of sp³-hybridized carbons (Fsp3) is 0.467. The minimum absolute atomic E-state index is 0.0887. The Kier molecular flexibility index (Phi) is 10.3. The Bertz CT molecular complexity index is 2150. The zero-order valence-corrected chi connectivity index (χ0v) is 33.6. The van der Waals surface area contributed by atoms with E-state index in [1.54, 1.807) is 24.3 Å². The zero-order valence-electron chi connectivity index (χ0n) is 33.6. The second-order valence-electron chi connectivity index (χ2n) is 17.6. The quantitative estimate of drug-likeness (QED) is 0.294. The maximum absolute atomic E-state index is 13.5. The molecule has 1 unspecified atom stereocenters. The summed E-state index contributed by atoms with van der Waals surface area (Å²) >= 11 is 0. The van der Waals surface area contributed by atoms with E-state index in [0.717, 1.165) is 74.9 Å². The maximum Gasteiger partial charge on any atom is 0.262 e. The van der Waals surface area contributed by atoms with Crippen LogP contribution in [0.5, 0.6) is 5.75 Å². The first kappa shape index (κ1) is 39.1. The molecule has 4 fully saturated rings. The summed E-state index contributed by atoms with van der Waals surface area (Å²) in [5.41, 5.74) is 3.23. The van der Waals surface area contributed by atoms with Crippen LogP contribution in [-0.4, -0.2) is 103 Å². The van der Waals surface area contributed by atoms with E-state index in [2.05, 4.69) is 71.2 Å².